The number of nitrogens with zero attached hydrogens (tertiary/aromatic N) is 4. The summed E-state index contributed by atoms with van der Waals surface area (Å²) in [5.41, 5.74) is 3.68. The maximum absolute atomic E-state index is 13.0. The van der Waals surface area contributed by atoms with Crippen molar-refractivity contribution >= 4 is 81.3 Å². The zero-order valence-corrected chi connectivity index (χ0v) is 36.4. The van der Waals surface area contributed by atoms with Crippen molar-refractivity contribution in [3.63, 3.8) is 0 Å². The van der Waals surface area contributed by atoms with E-state index in [9.17, 15) is 14.4 Å². The van der Waals surface area contributed by atoms with Crippen LogP contribution in [-0.2, 0) is 4.79 Å². The van der Waals surface area contributed by atoms with Crippen LogP contribution in [0.4, 0.5) is 21.0 Å². The molecule has 4 amide bonds. The van der Waals surface area contributed by atoms with Crippen molar-refractivity contribution in [1.82, 2.24) is 9.80 Å². The lowest BCUT2D eigenvalue weighted by Crippen LogP contribution is -2.38. The van der Waals surface area contributed by atoms with Gasteiger partial charge < -0.3 is 19.3 Å². The Bertz CT molecular complexity index is 1840. The molecule has 55 heavy (non-hydrogen) atoms. The van der Waals surface area contributed by atoms with Gasteiger partial charge in [-0.3, -0.25) is 14.6 Å². The number of carbonyl (C=O) groups excluding carboxylic acids is 3. The number of ether oxygens (including phenoxy) is 2. The number of anilines is 2. The molecule has 0 bridgehead atoms. The number of hydrogen-bond acceptors (Lipinski definition) is 6. The van der Waals surface area contributed by atoms with Crippen molar-refractivity contribution in [2.45, 2.75) is 45.2 Å². The first-order valence-corrected chi connectivity index (χ1v) is 21.2. The van der Waals surface area contributed by atoms with E-state index in [0.29, 0.717) is 31.8 Å². The first-order valence-electron chi connectivity index (χ1n) is 18.0. The number of methoxy groups -OCH3 is 2. The molecule has 0 N–H and O–H groups in total. The molecule has 0 aromatic heterocycles. The van der Waals surface area contributed by atoms with Crippen LogP contribution in [0.5, 0.6) is 11.5 Å². The van der Waals surface area contributed by atoms with Crippen molar-refractivity contribution < 1.29 is 23.9 Å². The van der Waals surface area contributed by atoms with Crippen molar-refractivity contribution in [3.05, 3.63) is 117 Å². The van der Waals surface area contributed by atoms with Gasteiger partial charge in [-0.05, 0) is 103 Å². The SMILES string of the molecule is CCC(=O)C(c1cccc(OC)c1)N1CCN(c2ccc(Br)cc2)C1=O.CCCC(c1cccc(OC)c1)N1CCN(c2ccc(Br)cc2)C1=O.CSC.[B]. The van der Waals surface area contributed by atoms with Gasteiger partial charge in [0.2, 0.25) is 0 Å². The minimum absolute atomic E-state index is 0. The van der Waals surface area contributed by atoms with Gasteiger partial charge in [-0.1, -0.05) is 76.4 Å². The predicted octanol–water partition coefficient (Wildman–Crippen LogP) is 10.3. The van der Waals surface area contributed by atoms with Gasteiger partial charge >= 0.3 is 12.1 Å². The van der Waals surface area contributed by atoms with Crippen LogP contribution in [0, 0.1) is 0 Å². The summed E-state index contributed by atoms with van der Waals surface area (Å²) in [7, 11) is 3.26. The van der Waals surface area contributed by atoms with Gasteiger partial charge in [-0.25, -0.2) is 9.59 Å². The van der Waals surface area contributed by atoms with Gasteiger partial charge in [0.15, 0.2) is 5.78 Å². The third-order valence-electron chi connectivity index (χ3n) is 9.15. The highest BCUT2D eigenvalue weighted by molar-refractivity contribution is 9.10. The van der Waals surface area contributed by atoms with Crippen molar-refractivity contribution in [3.8, 4) is 11.5 Å². The molecule has 6 rings (SSSR count). The molecule has 2 aliphatic heterocycles. The molecule has 291 valence electrons. The van der Waals surface area contributed by atoms with Gasteiger partial charge in [0.05, 0.1) is 20.3 Å². The summed E-state index contributed by atoms with van der Waals surface area (Å²) >= 11 is 8.60. The third-order valence-corrected chi connectivity index (χ3v) is 10.2. The zero-order chi connectivity index (χ0) is 39.2. The van der Waals surface area contributed by atoms with Crippen LogP contribution in [0.3, 0.4) is 0 Å². The number of urea groups is 2. The molecule has 0 spiro atoms. The molecule has 2 aliphatic rings. The van der Waals surface area contributed by atoms with Crippen LogP contribution < -0.4 is 19.3 Å². The standard InChI is InChI=1S/C20H21BrN2O3.C20H23BrN2O2.C2H6S.B/c1-3-18(24)19(14-5-4-6-17(13-14)26-2)23-12-11-22(20(23)25)16-9-7-15(21)8-10-16;1-3-5-19(15-6-4-7-18(14-15)25-2)23-13-12-22(20(23)24)17-10-8-16(21)9-11-17;1-3-2;/h4-10,13,19H,3,11-12H2,1-2H3;4,6-11,14,19H,3,5,12-13H2,1-2H3;1-2H3;. The highest BCUT2D eigenvalue weighted by Crippen LogP contribution is 2.34. The molecule has 4 aromatic carbocycles. The van der Waals surface area contributed by atoms with Crippen LogP contribution in [0.2, 0.25) is 0 Å². The topological polar surface area (TPSA) is 82.6 Å². The quantitative estimate of drug-likeness (QED) is 0.132. The molecule has 13 heteroatoms. The van der Waals surface area contributed by atoms with E-state index in [4.69, 9.17) is 9.47 Å². The van der Waals surface area contributed by atoms with Gasteiger partial charge in [-0.2, -0.15) is 11.8 Å². The molecular weight excluding hydrogens is 843 g/mol. The minimum Gasteiger partial charge on any atom is -0.497 e. The van der Waals surface area contributed by atoms with E-state index in [1.165, 1.54) is 0 Å². The van der Waals surface area contributed by atoms with Gasteiger partial charge in [-0.15, -0.1) is 0 Å². The van der Waals surface area contributed by atoms with Gasteiger partial charge in [0, 0.05) is 61.3 Å². The monoisotopic (exact) mass is 891 g/mol. The van der Waals surface area contributed by atoms with Crippen molar-refractivity contribution in [2.24, 2.45) is 0 Å². The number of amides is 4. The number of rotatable bonds is 12. The first-order chi connectivity index (χ1) is 26.1. The molecule has 2 unspecified atom stereocenters. The molecular formula is C42H50BBr2N4O5S. The second-order valence-corrected chi connectivity index (χ2v) is 15.3. The summed E-state index contributed by atoms with van der Waals surface area (Å²) < 4.78 is 12.6. The Morgan fingerprint density at radius 1 is 0.691 bits per heavy atom. The molecule has 9 nitrogen and oxygen atoms in total. The second-order valence-electron chi connectivity index (χ2n) is 12.7. The Hall–Kier alpha value is -3.94. The van der Waals surface area contributed by atoms with Gasteiger partial charge in [0.25, 0.3) is 0 Å². The van der Waals surface area contributed by atoms with Crippen molar-refractivity contribution in [2.75, 3.05) is 62.7 Å². The Labute approximate surface area is 349 Å². The Kier molecular flexibility index (Phi) is 18.7. The highest BCUT2D eigenvalue weighted by atomic mass is 79.9. The van der Waals surface area contributed by atoms with E-state index >= 15 is 0 Å². The summed E-state index contributed by atoms with van der Waals surface area (Å²) in [5.74, 6) is 1.52. The summed E-state index contributed by atoms with van der Waals surface area (Å²) in [6, 6.07) is 30.3. The van der Waals surface area contributed by atoms with E-state index in [2.05, 4.69) is 44.8 Å². The average molecular weight is 894 g/mol. The average Bonchev–Trinajstić information content (AvgIpc) is 3.76. The molecule has 0 aliphatic carbocycles. The minimum atomic E-state index is -0.594. The van der Waals surface area contributed by atoms with E-state index in [-0.39, 0.29) is 32.3 Å². The number of benzene rings is 4. The van der Waals surface area contributed by atoms with Crippen LogP contribution in [-0.4, -0.2) is 89.0 Å². The number of hydrogen-bond donors (Lipinski definition) is 0. The number of Topliss-reactive ketones (excluding diaryl/α,β-unsaturated/α-hetero) is 1. The Morgan fingerprint density at radius 2 is 1.13 bits per heavy atom. The smallest absolute Gasteiger partial charge is 0.325 e. The molecule has 2 atom stereocenters. The fraction of sp³-hybridized carbons (Fsp3) is 0.357. The zero-order valence-electron chi connectivity index (χ0n) is 32.4. The first kappa shape index (κ1) is 45.5. The summed E-state index contributed by atoms with van der Waals surface area (Å²) in [6.07, 6.45) is 6.40. The number of thioether (sulfide) groups is 1. The van der Waals surface area contributed by atoms with Crippen LogP contribution in [0.25, 0.3) is 0 Å². The number of ketones is 1. The van der Waals surface area contributed by atoms with Gasteiger partial charge in [0.1, 0.15) is 17.5 Å². The maximum atomic E-state index is 13.0. The Morgan fingerprint density at radius 3 is 1.58 bits per heavy atom. The normalized spacial score (nSPS) is 14.6. The molecule has 0 saturated carbocycles. The highest BCUT2D eigenvalue weighted by Gasteiger charge is 2.38. The second kappa shape index (κ2) is 22.6. The van der Waals surface area contributed by atoms with Crippen LogP contribution >= 0.6 is 43.6 Å². The Balaban J connectivity index is 0.000000271. The summed E-state index contributed by atoms with van der Waals surface area (Å²) in [6.45, 7) is 6.48. The molecule has 3 radical (unpaired) electrons. The fourth-order valence-electron chi connectivity index (χ4n) is 6.53. The molecule has 2 saturated heterocycles. The maximum Gasteiger partial charge on any atom is 0.325 e. The predicted molar refractivity (Wildman–Crippen MR) is 234 cm³/mol. The molecule has 2 fully saturated rings. The van der Waals surface area contributed by atoms with E-state index < -0.39 is 6.04 Å². The van der Waals surface area contributed by atoms with Crippen LogP contribution in [0.1, 0.15) is 56.3 Å². The largest absolute Gasteiger partial charge is 0.497 e. The molecule has 4 aromatic rings. The molecule has 2 heterocycles. The van der Waals surface area contributed by atoms with Crippen LogP contribution in [0.15, 0.2) is 106 Å². The van der Waals surface area contributed by atoms with E-state index in [1.54, 1.807) is 35.8 Å². The van der Waals surface area contributed by atoms with Crippen molar-refractivity contribution in [1.29, 1.82) is 0 Å². The number of carbonyl (C=O) groups is 3. The van der Waals surface area contributed by atoms with E-state index in [1.807, 2.05) is 120 Å². The lowest BCUT2D eigenvalue weighted by Gasteiger charge is -2.28. The summed E-state index contributed by atoms with van der Waals surface area (Å²) in [4.78, 5) is 46.0. The summed E-state index contributed by atoms with van der Waals surface area (Å²) in [5, 5.41) is 0. The number of halogens is 2. The lowest BCUT2D eigenvalue weighted by molar-refractivity contribution is -0.123. The lowest BCUT2D eigenvalue weighted by atomic mass is 9.99. The van der Waals surface area contributed by atoms with E-state index in [0.717, 1.165) is 56.6 Å². The third kappa shape index (κ3) is 11.8. The fourth-order valence-corrected chi connectivity index (χ4v) is 7.06.